The van der Waals surface area contributed by atoms with Gasteiger partial charge >= 0.3 is 0 Å². The van der Waals surface area contributed by atoms with Gasteiger partial charge in [0.2, 0.25) is 5.91 Å². The maximum atomic E-state index is 14.3. The Hall–Kier alpha value is -4.00. The maximum Gasteiger partial charge on any atom is 0.251 e. The second-order valence-corrected chi connectivity index (χ2v) is 17.6. The first-order chi connectivity index (χ1) is 26.8. The van der Waals surface area contributed by atoms with Gasteiger partial charge in [0.25, 0.3) is 5.91 Å². The zero-order valence-electron chi connectivity index (χ0n) is 34.0. The van der Waals surface area contributed by atoms with Gasteiger partial charge in [-0.3, -0.25) is 14.4 Å². The van der Waals surface area contributed by atoms with Crippen LogP contribution in [0.15, 0.2) is 66.7 Å². The summed E-state index contributed by atoms with van der Waals surface area (Å²) in [6, 6.07) is 21.5. The lowest BCUT2D eigenvalue weighted by Gasteiger charge is -2.62. The number of para-hydroxylation sites is 1. The van der Waals surface area contributed by atoms with Crippen molar-refractivity contribution in [1.82, 2.24) is 21.0 Å². The van der Waals surface area contributed by atoms with E-state index in [0.29, 0.717) is 41.5 Å². The van der Waals surface area contributed by atoms with E-state index in [0.717, 1.165) is 41.8 Å². The molecule has 5 aliphatic rings. The number of amides is 2. The number of anilines is 1. The van der Waals surface area contributed by atoms with Crippen LogP contribution < -0.4 is 25.6 Å². The highest BCUT2D eigenvalue weighted by molar-refractivity contribution is 5.97. The molecule has 3 aromatic carbocycles. The van der Waals surface area contributed by atoms with Gasteiger partial charge in [0.1, 0.15) is 17.9 Å². The molecule has 2 saturated heterocycles. The van der Waals surface area contributed by atoms with E-state index in [9.17, 15) is 19.8 Å². The average molecular weight is 768 g/mol. The number of methoxy groups -OCH3 is 1. The number of carbonyl (C=O) groups excluding carboxylic acids is 2. The van der Waals surface area contributed by atoms with E-state index in [-0.39, 0.29) is 42.5 Å². The molecule has 0 spiro atoms. The fourth-order valence-electron chi connectivity index (χ4n) is 10.3. The summed E-state index contributed by atoms with van der Waals surface area (Å²) in [5.74, 6) is 1.48. The van der Waals surface area contributed by atoms with E-state index in [1.54, 1.807) is 19.1 Å². The minimum atomic E-state index is -0.898. The highest BCUT2D eigenvalue weighted by atomic mass is 16.7. The third kappa shape index (κ3) is 7.81. The molecule has 302 valence electrons. The highest BCUT2D eigenvalue weighted by Gasteiger charge is 2.57. The summed E-state index contributed by atoms with van der Waals surface area (Å²) in [6.07, 6.45) is 1.44. The van der Waals surface area contributed by atoms with E-state index in [4.69, 9.17) is 9.57 Å². The van der Waals surface area contributed by atoms with Gasteiger partial charge < -0.3 is 35.8 Å². The molecule has 11 nitrogen and oxygen atoms in total. The Balaban J connectivity index is 1.11. The lowest BCUT2D eigenvalue weighted by atomic mass is 9.45. The zero-order chi connectivity index (χ0) is 39.9. The molecule has 0 radical (unpaired) electrons. The summed E-state index contributed by atoms with van der Waals surface area (Å²) in [4.78, 5) is 36.3. The van der Waals surface area contributed by atoms with E-state index in [2.05, 4.69) is 61.0 Å². The van der Waals surface area contributed by atoms with Crippen molar-refractivity contribution in [3.05, 3.63) is 83.4 Å². The van der Waals surface area contributed by atoms with Crippen molar-refractivity contribution in [2.24, 2.45) is 29.1 Å². The molecular formula is C45H61N5O6. The normalized spacial score (nSPS) is 30.0. The van der Waals surface area contributed by atoms with Crippen LogP contribution in [0.1, 0.15) is 74.4 Å². The molecule has 5 N–H and O–H groups in total. The maximum absolute atomic E-state index is 14.3. The third-order valence-corrected chi connectivity index (χ3v) is 13.7. The Morgan fingerprint density at radius 2 is 1.84 bits per heavy atom. The molecule has 3 saturated carbocycles. The number of hydrogen-bond donors (Lipinski definition) is 5. The topological polar surface area (TPSA) is 136 Å². The SMILES string of the molecule is COc1c(CN2O[C@@H](CO)[C@H]([C@H](C)O)[C@H]2C(=O)N[C@H]2C[C@H]3C[C@@H]([C@@H]2C)C3(C)C)cccc1-c1cc(C(=O)NC[C@@H]2C[C@@H](c3ccccc3)CN2)cc(N(C)C)c1. The molecule has 0 aromatic heterocycles. The summed E-state index contributed by atoms with van der Waals surface area (Å²) in [5.41, 5.74) is 5.36. The molecule has 10 atom stereocenters. The molecule has 2 heterocycles. The van der Waals surface area contributed by atoms with Gasteiger partial charge in [-0.25, -0.2) is 0 Å². The second kappa shape index (κ2) is 16.5. The number of aliphatic hydroxyl groups is 2. The van der Waals surface area contributed by atoms with Crippen molar-refractivity contribution in [3.63, 3.8) is 0 Å². The summed E-state index contributed by atoms with van der Waals surface area (Å²) in [5, 5.41) is 33.1. The monoisotopic (exact) mass is 767 g/mol. The quantitative estimate of drug-likeness (QED) is 0.164. The number of carbonyl (C=O) groups is 2. The molecule has 5 fully saturated rings. The zero-order valence-corrected chi connectivity index (χ0v) is 34.0. The molecule has 2 bridgehead atoms. The molecule has 8 rings (SSSR count). The predicted octanol–water partition coefficient (Wildman–Crippen LogP) is 4.96. The van der Waals surface area contributed by atoms with Gasteiger partial charge in [0, 0.05) is 67.6 Å². The first kappa shape index (κ1) is 40.2. The molecular weight excluding hydrogens is 707 g/mol. The molecule has 2 aliphatic heterocycles. The molecule has 3 aromatic rings. The van der Waals surface area contributed by atoms with Gasteiger partial charge in [-0.05, 0) is 84.6 Å². The number of aliphatic hydroxyl groups excluding tert-OH is 2. The van der Waals surface area contributed by atoms with Crippen molar-refractivity contribution in [2.75, 3.05) is 45.8 Å². The van der Waals surface area contributed by atoms with Crippen molar-refractivity contribution in [2.45, 2.75) is 89.8 Å². The van der Waals surface area contributed by atoms with Crippen molar-refractivity contribution in [3.8, 4) is 16.9 Å². The Morgan fingerprint density at radius 1 is 1.07 bits per heavy atom. The third-order valence-electron chi connectivity index (χ3n) is 13.7. The largest absolute Gasteiger partial charge is 0.496 e. The highest BCUT2D eigenvalue weighted by Crippen LogP contribution is 2.61. The first-order valence-electron chi connectivity index (χ1n) is 20.4. The van der Waals surface area contributed by atoms with E-state index in [1.807, 2.05) is 61.5 Å². The predicted molar refractivity (Wildman–Crippen MR) is 218 cm³/mol. The van der Waals surface area contributed by atoms with Crippen LogP contribution in [0.5, 0.6) is 5.75 Å². The summed E-state index contributed by atoms with van der Waals surface area (Å²) in [7, 11) is 5.51. The van der Waals surface area contributed by atoms with Gasteiger partial charge in [0.05, 0.1) is 26.4 Å². The van der Waals surface area contributed by atoms with Crippen molar-refractivity contribution in [1.29, 1.82) is 0 Å². The molecule has 0 unspecified atom stereocenters. The van der Waals surface area contributed by atoms with E-state index in [1.165, 1.54) is 12.0 Å². The van der Waals surface area contributed by atoms with Gasteiger partial charge in [0.15, 0.2) is 0 Å². The summed E-state index contributed by atoms with van der Waals surface area (Å²) >= 11 is 0. The van der Waals surface area contributed by atoms with Gasteiger partial charge in [-0.2, -0.15) is 5.06 Å². The fraction of sp³-hybridized carbons (Fsp3) is 0.556. The van der Waals surface area contributed by atoms with Gasteiger partial charge in [-0.15, -0.1) is 0 Å². The number of hydroxylamine groups is 2. The Kier molecular flexibility index (Phi) is 11.8. The number of nitrogens with one attached hydrogen (secondary N) is 3. The van der Waals surface area contributed by atoms with Crippen LogP contribution in [0.25, 0.3) is 11.1 Å². The van der Waals surface area contributed by atoms with Crippen molar-refractivity contribution < 1.29 is 29.4 Å². The van der Waals surface area contributed by atoms with Crippen LogP contribution in [0.4, 0.5) is 5.69 Å². The average Bonchev–Trinajstić information content (AvgIpc) is 3.82. The molecule has 3 aliphatic carbocycles. The van der Waals surface area contributed by atoms with Crippen LogP contribution in [0, 0.1) is 29.1 Å². The van der Waals surface area contributed by atoms with E-state index < -0.39 is 24.2 Å². The summed E-state index contributed by atoms with van der Waals surface area (Å²) in [6.45, 7) is 9.81. The smallest absolute Gasteiger partial charge is 0.251 e. The number of hydrogen-bond acceptors (Lipinski definition) is 9. The minimum Gasteiger partial charge on any atom is -0.496 e. The summed E-state index contributed by atoms with van der Waals surface area (Å²) < 4.78 is 6.09. The Morgan fingerprint density at radius 3 is 2.50 bits per heavy atom. The van der Waals surface area contributed by atoms with Crippen LogP contribution >= 0.6 is 0 Å². The number of nitrogens with zero attached hydrogens (tertiary/aromatic N) is 2. The van der Waals surface area contributed by atoms with Gasteiger partial charge in [-0.1, -0.05) is 69.3 Å². The van der Waals surface area contributed by atoms with Crippen molar-refractivity contribution >= 4 is 17.5 Å². The molecule has 11 heteroatoms. The Labute approximate surface area is 332 Å². The van der Waals surface area contributed by atoms with E-state index >= 15 is 0 Å². The van der Waals surface area contributed by atoms with Crippen LogP contribution in [0.3, 0.4) is 0 Å². The standard InChI is InChI=1S/C45H61N5O6/c1-26-37-20-33(45(37,3)4)21-38(26)48-44(54)41-40(27(2)52)39(25-51)56-50(41)24-29-14-11-15-36(42(29)55-7)30-16-31(19-35(18-30)49(5)6)43(53)47-23-34-17-32(22-46-34)28-12-9-8-10-13-28/h8-16,18-19,26-27,32-34,37-41,46,51-52H,17,20-25H2,1-7H3,(H,47,53)(H,48,54)/t26-,27-,32+,33+,34-,37-,38-,39-,40-,41-/m0/s1. The number of fused-ring (bicyclic) bond motifs is 2. The van der Waals surface area contributed by atoms with Crippen LogP contribution in [-0.2, 0) is 16.2 Å². The lowest BCUT2D eigenvalue weighted by molar-refractivity contribution is -0.183. The fourth-order valence-corrected chi connectivity index (χ4v) is 10.3. The minimum absolute atomic E-state index is 0.0396. The molecule has 2 amide bonds. The second-order valence-electron chi connectivity index (χ2n) is 17.6. The lowest BCUT2D eigenvalue weighted by Crippen LogP contribution is -2.62. The number of ether oxygens (including phenoxy) is 1. The Bertz CT molecular complexity index is 1870. The van der Waals surface area contributed by atoms with Crippen LogP contribution in [0.2, 0.25) is 0 Å². The molecule has 56 heavy (non-hydrogen) atoms. The van der Waals surface area contributed by atoms with Crippen LogP contribution in [-0.4, -0.2) is 98.3 Å². The number of rotatable bonds is 13. The number of benzene rings is 3. The first-order valence-corrected chi connectivity index (χ1v) is 20.4.